The molecule has 0 rings (SSSR count). The van der Waals surface area contributed by atoms with E-state index in [9.17, 15) is 4.39 Å². The second-order valence-corrected chi connectivity index (χ2v) is 0.621. The van der Waals surface area contributed by atoms with Crippen molar-refractivity contribution in [1.29, 1.82) is 10.5 Å². The highest BCUT2D eigenvalue weighted by Crippen LogP contribution is 1.79. The van der Waals surface area contributed by atoms with Crippen LogP contribution in [0.4, 0.5) is 4.39 Å². The third-order valence-electron chi connectivity index (χ3n) is 0.227. The van der Waals surface area contributed by atoms with Crippen molar-refractivity contribution in [1.82, 2.24) is 0 Å². The molecule has 0 aliphatic carbocycles. The lowest BCUT2D eigenvalue weighted by atomic mass is 10.5. The highest BCUT2D eigenvalue weighted by atomic mass is 19.1. The fourth-order valence-corrected chi connectivity index (χ4v) is 0.0289. The molecule has 0 aromatic carbocycles. The van der Waals surface area contributed by atoms with Crippen molar-refractivity contribution >= 4 is 0 Å². The van der Waals surface area contributed by atoms with Crippen LogP contribution < -0.4 is 0 Å². The van der Waals surface area contributed by atoms with Gasteiger partial charge in [-0.3, -0.25) is 0 Å². The summed E-state index contributed by atoms with van der Waals surface area (Å²) in [7, 11) is 0. The summed E-state index contributed by atoms with van der Waals surface area (Å²) in [4.78, 5) is 0. The molecule has 0 N–H and O–H groups in total. The minimum Gasteiger partial charge on any atom is -0.214 e. The van der Waals surface area contributed by atoms with Crippen LogP contribution in [0.2, 0.25) is 0 Å². The van der Waals surface area contributed by atoms with E-state index in [2.05, 4.69) is 0 Å². The molecular formula is C3HFN2. The minimum absolute atomic E-state index is 1.09. The number of nitriles is 2. The zero-order valence-corrected chi connectivity index (χ0v) is 2.85. The zero-order valence-electron chi connectivity index (χ0n) is 2.85. The summed E-state index contributed by atoms with van der Waals surface area (Å²) in [6, 6.07) is 2.17. The van der Waals surface area contributed by atoms with Crippen LogP contribution in [0.5, 0.6) is 0 Å². The van der Waals surface area contributed by atoms with Gasteiger partial charge >= 0.3 is 0 Å². The average molecular weight is 84.1 g/mol. The van der Waals surface area contributed by atoms with Crippen molar-refractivity contribution in [2.45, 2.75) is 6.17 Å². The Hall–Kier alpha value is -1.09. The van der Waals surface area contributed by atoms with E-state index in [0.717, 1.165) is 12.1 Å². The molecule has 0 amide bonds. The van der Waals surface area contributed by atoms with E-state index < -0.39 is 6.17 Å². The Balaban J connectivity index is 3.40. The van der Waals surface area contributed by atoms with E-state index in [4.69, 9.17) is 10.5 Å². The van der Waals surface area contributed by atoms with E-state index in [1.165, 1.54) is 0 Å². The number of rotatable bonds is 0. The summed E-state index contributed by atoms with van der Waals surface area (Å²) in [6.45, 7) is 0. The molecule has 0 fully saturated rings. The molecule has 3 heteroatoms. The molecule has 0 bridgehead atoms. The van der Waals surface area contributed by atoms with Crippen molar-refractivity contribution in [2.75, 3.05) is 0 Å². The summed E-state index contributed by atoms with van der Waals surface area (Å²) in [5.74, 6) is 0. The Kier molecular flexibility index (Phi) is 1.77. The van der Waals surface area contributed by atoms with Crippen molar-refractivity contribution in [3.8, 4) is 12.1 Å². The van der Waals surface area contributed by atoms with Crippen LogP contribution in [0.25, 0.3) is 0 Å². The van der Waals surface area contributed by atoms with Gasteiger partial charge in [-0.15, -0.1) is 0 Å². The predicted molar refractivity (Wildman–Crippen MR) is 16.1 cm³/mol. The van der Waals surface area contributed by atoms with E-state index in [0.29, 0.717) is 0 Å². The lowest BCUT2D eigenvalue weighted by Crippen LogP contribution is -1.84. The van der Waals surface area contributed by atoms with E-state index in [1.807, 2.05) is 0 Å². The van der Waals surface area contributed by atoms with Crippen LogP contribution in [0.3, 0.4) is 0 Å². The summed E-state index contributed by atoms with van der Waals surface area (Å²) >= 11 is 0. The third kappa shape index (κ3) is 1.25. The maximum atomic E-state index is 11.1. The summed E-state index contributed by atoms with van der Waals surface area (Å²) in [5.41, 5.74) is 0. The lowest BCUT2D eigenvalue weighted by Gasteiger charge is -1.68. The van der Waals surface area contributed by atoms with Crippen LogP contribution in [0.1, 0.15) is 0 Å². The SMILES string of the molecule is N#CC(F)C#N. The second-order valence-electron chi connectivity index (χ2n) is 0.621. The Morgan fingerprint density at radius 2 is 1.67 bits per heavy atom. The van der Waals surface area contributed by atoms with E-state index in [-0.39, 0.29) is 0 Å². The first-order valence-electron chi connectivity index (χ1n) is 1.24. The van der Waals surface area contributed by atoms with Gasteiger partial charge in [0.15, 0.2) is 0 Å². The van der Waals surface area contributed by atoms with Gasteiger partial charge in [0.1, 0.15) is 12.1 Å². The van der Waals surface area contributed by atoms with Gasteiger partial charge in [0.05, 0.1) is 0 Å². The Morgan fingerprint density at radius 3 is 1.67 bits per heavy atom. The van der Waals surface area contributed by atoms with Gasteiger partial charge in [-0.2, -0.15) is 10.5 Å². The van der Waals surface area contributed by atoms with Crippen molar-refractivity contribution in [3.63, 3.8) is 0 Å². The van der Waals surface area contributed by atoms with Crippen molar-refractivity contribution in [2.24, 2.45) is 0 Å². The molecule has 0 aromatic rings. The van der Waals surface area contributed by atoms with Crippen LogP contribution in [0, 0.1) is 22.7 Å². The van der Waals surface area contributed by atoms with Gasteiger partial charge in [0.2, 0.25) is 0 Å². The fourth-order valence-electron chi connectivity index (χ4n) is 0.0289. The molecule has 0 aliphatic heterocycles. The Labute approximate surface area is 34.4 Å². The van der Waals surface area contributed by atoms with Gasteiger partial charge in [-0.05, 0) is 0 Å². The van der Waals surface area contributed by atoms with E-state index in [1.54, 1.807) is 0 Å². The second kappa shape index (κ2) is 2.17. The standard InChI is InChI=1S/C3HFN2/c4-3(1-5)2-6/h3H. The number of halogens is 1. The molecular weight excluding hydrogens is 83.0 g/mol. The van der Waals surface area contributed by atoms with Crippen LogP contribution in [-0.2, 0) is 0 Å². The summed E-state index contributed by atoms with van der Waals surface area (Å²) < 4.78 is 11.1. The largest absolute Gasteiger partial charge is 0.270 e. The normalized spacial score (nSPS) is 6.67. The number of alkyl halides is 1. The zero-order chi connectivity index (χ0) is 4.99. The first-order chi connectivity index (χ1) is 2.81. The molecule has 0 radical (unpaired) electrons. The lowest BCUT2D eigenvalue weighted by molar-refractivity contribution is 0.486. The predicted octanol–water partition coefficient (Wildman–Crippen LogP) is 0.372. The average Bonchev–Trinajstić information content (AvgIpc) is 1.65. The van der Waals surface area contributed by atoms with Gasteiger partial charge < -0.3 is 0 Å². The number of hydrogen-bond donors (Lipinski definition) is 0. The molecule has 0 aromatic heterocycles. The molecule has 0 aliphatic rings. The van der Waals surface area contributed by atoms with Gasteiger partial charge in [0.25, 0.3) is 6.17 Å². The molecule has 2 nitrogen and oxygen atoms in total. The van der Waals surface area contributed by atoms with Crippen LogP contribution in [0.15, 0.2) is 0 Å². The Bertz CT molecular complexity index is 92.9. The van der Waals surface area contributed by atoms with Gasteiger partial charge in [0, 0.05) is 0 Å². The third-order valence-corrected chi connectivity index (χ3v) is 0.227. The maximum absolute atomic E-state index is 11.1. The molecule has 0 atom stereocenters. The van der Waals surface area contributed by atoms with Crippen LogP contribution >= 0.6 is 0 Å². The molecule has 0 saturated carbocycles. The maximum Gasteiger partial charge on any atom is 0.270 e. The molecule has 0 spiro atoms. The smallest absolute Gasteiger partial charge is 0.214 e. The van der Waals surface area contributed by atoms with Crippen molar-refractivity contribution < 1.29 is 4.39 Å². The number of nitrogens with zero attached hydrogens (tertiary/aromatic N) is 2. The van der Waals surface area contributed by atoms with Gasteiger partial charge in [-0.1, -0.05) is 0 Å². The molecule has 6 heavy (non-hydrogen) atoms. The van der Waals surface area contributed by atoms with Crippen LogP contribution in [-0.4, -0.2) is 6.17 Å². The highest BCUT2D eigenvalue weighted by Gasteiger charge is 1.94. The van der Waals surface area contributed by atoms with E-state index >= 15 is 0 Å². The Morgan fingerprint density at radius 1 is 1.33 bits per heavy atom. The molecule has 0 heterocycles. The summed E-state index contributed by atoms with van der Waals surface area (Å²) in [6.07, 6.45) is -1.95. The molecule has 0 unspecified atom stereocenters. The monoisotopic (exact) mass is 84.0 g/mol. The molecule has 30 valence electrons. The minimum atomic E-state index is -1.95. The molecule has 0 saturated heterocycles. The highest BCUT2D eigenvalue weighted by molar-refractivity contribution is 4.99. The number of hydrogen-bond acceptors (Lipinski definition) is 2. The first kappa shape index (κ1) is 4.91. The van der Waals surface area contributed by atoms with Crippen molar-refractivity contribution in [3.05, 3.63) is 0 Å². The topological polar surface area (TPSA) is 47.6 Å². The summed E-state index contributed by atoms with van der Waals surface area (Å²) in [5, 5.41) is 15.0. The van der Waals surface area contributed by atoms with Gasteiger partial charge in [-0.25, -0.2) is 4.39 Å². The quantitative estimate of drug-likeness (QED) is 0.425. The first-order valence-corrected chi connectivity index (χ1v) is 1.24. The fraction of sp³-hybridized carbons (Fsp3) is 0.333.